The number of aryl methyl sites for hydroxylation is 1. The molecule has 1 aromatic heterocycles. The molecule has 0 aliphatic rings. The van der Waals surface area contributed by atoms with E-state index >= 15 is 0 Å². The third-order valence-corrected chi connectivity index (χ3v) is 5.24. The summed E-state index contributed by atoms with van der Waals surface area (Å²) in [6.45, 7) is 9.65. The van der Waals surface area contributed by atoms with Crippen LogP contribution in [0.2, 0.25) is 0 Å². The molecule has 1 heterocycles. The maximum atomic E-state index is 11.9. The van der Waals surface area contributed by atoms with E-state index in [1.807, 2.05) is 27.7 Å². The van der Waals surface area contributed by atoms with Crippen molar-refractivity contribution in [1.82, 2.24) is 15.5 Å². The summed E-state index contributed by atoms with van der Waals surface area (Å²) < 4.78 is 10.7. The number of ether oxygens (including phenoxy) is 1. The van der Waals surface area contributed by atoms with Gasteiger partial charge in [0, 0.05) is 18.0 Å². The number of aromatic nitrogens is 2. The standard InChI is InChI=1S/C26H41N3O3/c1-6-7-8-9-10-11-12-13-14-21-15-17-22(18-16-21)24-28-23(32-29-24)19-20(2)27-25(30)31-26(3,4)5/h15-18,20H,6-14,19H2,1-5H3,(H,27,30)/t20-/m0/s1. The van der Waals surface area contributed by atoms with Crippen molar-refractivity contribution in [2.24, 2.45) is 0 Å². The number of alkyl carbamates (subject to hydrolysis) is 1. The van der Waals surface area contributed by atoms with Gasteiger partial charge in [0.25, 0.3) is 0 Å². The predicted octanol–water partition coefficient (Wildman–Crippen LogP) is 6.88. The number of unbranched alkanes of at least 4 members (excludes halogenated alkanes) is 7. The molecule has 0 aliphatic carbocycles. The van der Waals surface area contributed by atoms with Gasteiger partial charge in [-0.05, 0) is 46.1 Å². The topological polar surface area (TPSA) is 77.2 Å². The number of rotatable bonds is 13. The first-order valence-electron chi connectivity index (χ1n) is 12.2. The highest BCUT2D eigenvalue weighted by atomic mass is 16.6. The predicted molar refractivity (Wildman–Crippen MR) is 129 cm³/mol. The van der Waals surface area contributed by atoms with Crippen LogP contribution in [0.5, 0.6) is 0 Å². The van der Waals surface area contributed by atoms with Gasteiger partial charge >= 0.3 is 6.09 Å². The number of nitrogens with one attached hydrogen (secondary N) is 1. The molecule has 0 unspecified atom stereocenters. The average molecular weight is 444 g/mol. The lowest BCUT2D eigenvalue weighted by Gasteiger charge is -2.21. The van der Waals surface area contributed by atoms with Gasteiger partial charge in [-0.2, -0.15) is 4.98 Å². The molecule has 0 radical (unpaired) electrons. The minimum atomic E-state index is -0.526. The number of hydrogen-bond donors (Lipinski definition) is 1. The molecule has 0 aliphatic heterocycles. The fraction of sp³-hybridized carbons (Fsp3) is 0.654. The van der Waals surface area contributed by atoms with E-state index < -0.39 is 11.7 Å². The lowest BCUT2D eigenvalue weighted by molar-refractivity contribution is 0.0507. The van der Waals surface area contributed by atoms with Crippen molar-refractivity contribution in [3.8, 4) is 11.4 Å². The molecule has 32 heavy (non-hydrogen) atoms. The van der Waals surface area contributed by atoms with Crippen LogP contribution in [0.15, 0.2) is 28.8 Å². The summed E-state index contributed by atoms with van der Waals surface area (Å²) in [5.41, 5.74) is 1.76. The van der Waals surface area contributed by atoms with Gasteiger partial charge in [-0.1, -0.05) is 81.3 Å². The number of carbonyl (C=O) groups is 1. The summed E-state index contributed by atoms with van der Waals surface area (Å²) >= 11 is 0. The SMILES string of the molecule is CCCCCCCCCCc1ccc(-c2noc(C[C@H](C)NC(=O)OC(C)(C)C)n2)cc1. The fourth-order valence-electron chi connectivity index (χ4n) is 3.56. The third-order valence-electron chi connectivity index (χ3n) is 5.24. The Bertz CT molecular complexity index is 793. The molecule has 1 N–H and O–H groups in total. The first-order valence-corrected chi connectivity index (χ1v) is 12.2. The zero-order valence-electron chi connectivity index (χ0n) is 20.6. The van der Waals surface area contributed by atoms with Crippen LogP contribution in [0.1, 0.15) is 97.4 Å². The van der Waals surface area contributed by atoms with Gasteiger partial charge in [0.2, 0.25) is 11.7 Å². The zero-order valence-corrected chi connectivity index (χ0v) is 20.6. The van der Waals surface area contributed by atoms with Crippen molar-refractivity contribution < 1.29 is 14.1 Å². The van der Waals surface area contributed by atoms with E-state index in [1.165, 1.54) is 56.9 Å². The second-order valence-corrected chi connectivity index (χ2v) is 9.68. The Balaban J connectivity index is 1.74. The first kappa shape index (κ1) is 25.9. The Labute approximate surface area is 193 Å². The number of hydrogen-bond acceptors (Lipinski definition) is 5. The van der Waals surface area contributed by atoms with Crippen LogP contribution in [0.3, 0.4) is 0 Å². The first-order chi connectivity index (χ1) is 15.3. The molecule has 0 fully saturated rings. The van der Waals surface area contributed by atoms with Crippen molar-refractivity contribution in [3.63, 3.8) is 0 Å². The molecule has 2 aromatic rings. The lowest BCUT2D eigenvalue weighted by atomic mass is 10.0. The Morgan fingerprint density at radius 2 is 1.66 bits per heavy atom. The summed E-state index contributed by atoms with van der Waals surface area (Å²) in [5, 5.41) is 6.89. The van der Waals surface area contributed by atoms with E-state index in [4.69, 9.17) is 9.26 Å². The van der Waals surface area contributed by atoms with Gasteiger partial charge in [-0.15, -0.1) is 0 Å². The second-order valence-electron chi connectivity index (χ2n) is 9.68. The highest BCUT2D eigenvalue weighted by Gasteiger charge is 2.19. The zero-order chi connectivity index (χ0) is 23.4. The van der Waals surface area contributed by atoms with Crippen LogP contribution < -0.4 is 5.32 Å². The molecule has 1 aromatic carbocycles. The van der Waals surface area contributed by atoms with Crippen LogP contribution in [0.25, 0.3) is 11.4 Å². The van der Waals surface area contributed by atoms with Gasteiger partial charge in [0.1, 0.15) is 5.60 Å². The van der Waals surface area contributed by atoms with Gasteiger partial charge in [0.05, 0.1) is 0 Å². The van der Waals surface area contributed by atoms with Crippen LogP contribution in [0, 0.1) is 0 Å². The smallest absolute Gasteiger partial charge is 0.407 e. The van der Waals surface area contributed by atoms with Crippen molar-refractivity contribution in [1.29, 1.82) is 0 Å². The van der Waals surface area contributed by atoms with Gasteiger partial charge in [-0.25, -0.2) is 4.79 Å². The summed E-state index contributed by atoms with van der Waals surface area (Å²) in [6, 6.07) is 8.24. The van der Waals surface area contributed by atoms with Gasteiger partial charge in [0.15, 0.2) is 0 Å². The van der Waals surface area contributed by atoms with E-state index in [-0.39, 0.29) is 6.04 Å². The molecule has 0 bridgehead atoms. The van der Waals surface area contributed by atoms with Crippen molar-refractivity contribution in [3.05, 3.63) is 35.7 Å². The molecule has 1 amide bonds. The van der Waals surface area contributed by atoms with Crippen LogP contribution in [0.4, 0.5) is 4.79 Å². The molecule has 6 nitrogen and oxygen atoms in total. The van der Waals surface area contributed by atoms with Crippen LogP contribution in [-0.2, 0) is 17.6 Å². The van der Waals surface area contributed by atoms with Crippen molar-refractivity contribution in [2.75, 3.05) is 0 Å². The van der Waals surface area contributed by atoms with E-state index in [0.29, 0.717) is 18.1 Å². The van der Waals surface area contributed by atoms with Gasteiger partial charge < -0.3 is 14.6 Å². The number of amides is 1. The maximum absolute atomic E-state index is 11.9. The van der Waals surface area contributed by atoms with Crippen LogP contribution in [-0.4, -0.2) is 27.9 Å². The summed E-state index contributed by atoms with van der Waals surface area (Å²) in [6.07, 6.45) is 11.8. The van der Waals surface area contributed by atoms with Crippen LogP contribution >= 0.6 is 0 Å². The maximum Gasteiger partial charge on any atom is 0.407 e. The largest absolute Gasteiger partial charge is 0.444 e. The Morgan fingerprint density at radius 3 is 2.28 bits per heavy atom. The monoisotopic (exact) mass is 443 g/mol. The number of carbonyl (C=O) groups excluding carboxylic acids is 1. The summed E-state index contributed by atoms with van der Waals surface area (Å²) in [4.78, 5) is 16.4. The normalized spacial score (nSPS) is 12.5. The molecule has 0 spiro atoms. The minimum Gasteiger partial charge on any atom is -0.444 e. The molecule has 1 atom stereocenters. The Kier molecular flexibility index (Phi) is 10.7. The summed E-state index contributed by atoms with van der Waals surface area (Å²) in [7, 11) is 0. The third kappa shape index (κ3) is 10.3. The van der Waals surface area contributed by atoms with Crippen molar-refractivity contribution in [2.45, 2.75) is 110 Å². The van der Waals surface area contributed by atoms with Gasteiger partial charge in [-0.3, -0.25) is 0 Å². The molecule has 0 saturated heterocycles. The highest BCUT2D eigenvalue weighted by Crippen LogP contribution is 2.19. The number of nitrogens with zero attached hydrogens (tertiary/aromatic N) is 2. The molecule has 178 valence electrons. The Hall–Kier alpha value is -2.37. The summed E-state index contributed by atoms with van der Waals surface area (Å²) in [5.74, 6) is 1.06. The molecule has 0 saturated carbocycles. The molecular formula is C26H41N3O3. The minimum absolute atomic E-state index is 0.174. The van der Waals surface area contributed by atoms with Crippen molar-refractivity contribution >= 4 is 6.09 Å². The number of benzene rings is 1. The fourth-order valence-corrected chi connectivity index (χ4v) is 3.56. The van der Waals surface area contributed by atoms with E-state index in [2.05, 4.69) is 46.6 Å². The molecular weight excluding hydrogens is 402 g/mol. The molecule has 2 rings (SSSR count). The van der Waals surface area contributed by atoms with E-state index in [9.17, 15) is 4.79 Å². The van der Waals surface area contributed by atoms with E-state index in [1.54, 1.807) is 0 Å². The quantitative estimate of drug-likeness (QED) is 0.342. The second kappa shape index (κ2) is 13.2. The van der Waals surface area contributed by atoms with E-state index in [0.717, 1.165) is 12.0 Å². The average Bonchev–Trinajstić information content (AvgIpc) is 3.17. The lowest BCUT2D eigenvalue weighted by Crippen LogP contribution is -2.38. The Morgan fingerprint density at radius 1 is 1.03 bits per heavy atom. The molecule has 6 heteroatoms. The highest BCUT2D eigenvalue weighted by molar-refractivity contribution is 5.68.